The minimum absolute atomic E-state index is 0.123. The molecule has 0 aliphatic carbocycles. The standard InChI is InChI=1S/C17H19NO3S/c1-14(2)13-21-17(15-9-5-3-6-10-15)18-22(19,20)16-11-7-4-8-12-16/h3-12,14H,13H2,1-2H3. The van der Waals surface area contributed by atoms with Crippen molar-refractivity contribution in [2.75, 3.05) is 6.61 Å². The van der Waals surface area contributed by atoms with E-state index in [9.17, 15) is 8.42 Å². The Morgan fingerprint density at radius 1 is 1.00 bits per heavy atom. The van der Waals surface area contributed by atoms with Crippen molar-refractivity contribution in [2.24, 2.45) is 10.3 Å². The van der Waals surface area contributed by atoms with Crippen molar-refractivity contribution in [1.29, 1.82) is 0 Å². The minimum Gasteiger partial charge on any atom is -0.476 e. The van der Waals surface area contributed by atoms with Crippen LogP contribution in [0.15, 0.2) is 70.0 Å². The summed E-state index contributed by atoms with van der Waals surface area (Å²) in [4.78, 5) is 0.150. The maximum absolute atomic E-state index is 12.4. The van der Waals surface area contributed by atoms with Gasteiger partial charge in [0, 0.05) is 5.56 Å². The predicted molar refractivity (Wildman–Crippen MR) is 87.4 cm³/mol. The molecule has 4 nitrogen and oxygen atoms in total. The third-order valence-corrected chi connectivity index (χ3v) is 4.09. The van der Waals surface area contributed by atoms with Crippen LogP contribution in [0.4, 0.5) is 0 Å². The number of rotatable bonds is 5. The summed E-state index contributed by atoms with van der Waals surface area (Å²) in [6.07, 6.45) is 0. The van der Waals surface area contributed by atoms with Crippen LogP contribution < -0.4 is 0 Å². The van der Waals surface area contributed by atoms with Gasteiger partial charge in [-0.3, -0.25) is 0 Å². The third-order valence-electron chi connectivity index (χ3n) is 2.82. The van der Waals surface area contributed by atoms with Crippen molar-refractivity contribution in [1.82, 2.24) is 0 Å². The second-order valence-corrected chi connectivity index (χ2v) is 6.86. The monoisotopic (exact) mass is 317 g/mol. The number of ether oxygens (including phenoxy) is 1. The summed E-state index contributed by atoms with van der Waals surface area (Å²) in [6.45, 7) is 4.39. The maximum atomic E-state index is 12.4. The smallest absolute Gasteiger partial charge is 0.285 e. The number of hydrogen-bond acceptors (Lipinski definition) is 3. The van der Waals surface area contributed by atoms with Crippen molar-refractivity contribution in [3.8, 4) is 0 Å². The third kappa shape index (κ3) is 4.43. The van der Waals surface area contributed by atoms with Gasteiger partial charge >= 0.3 is 0 Å². The molecule has 5 heteroatoms. The SMILES string of the molecule is CC(C)COC(=NS(=O)(=O)c1ccccc1)c1ccccc1. The van der Waals surface area contributed by atoms with Gasteiger partial charge in [-0.1, -0.05) is 50.2 Å². The van der Waals surface area contributed by atoms with Crippen molar-refractivity contribution < 1.29 is 13.2 Å². The van der Waals surface area contributed by atoms with Gasteiger partial charge in [0.2, 0.25) is 5.90 Å². The van der Waals surface area contributed by atoms with E-state index in [0.29, 0.717) is 12.2 Å². The average molecular weight is 317 g/mol. The van der Waals surface area contributed by atoms with Gasteiger partial charge in [0.25, 0.3) is 10.0 Å². The highest BCUT2D eigenvalue weighted by Crippen LogP contribution is 2.14. The first-order chi connectivity index (χ1) is 10.5. The normalized spacial score (nSPS) is 12.4. The summed E-state index contributed by atoms with van der Waals surface area (Å²) in [5.41, 5.74) is 0.641. The highest BCUT2D eigenvalue weighted by molar-refractivity contribution is 7.90. The van der Waals surface area contributed by atoms with E-state index in [1.165, 1.54) is 12.1 Å². The molecule has 0 aliphatic rings. The van der Waals surface area contributed by atoms with Crippen molar-refractivity contribution in [2.45, 2.75) is 18.7 Å². The lowest BCUT2D eigenvalue weighted by molar-refractivity contribution is 0.260. The van der Waals surface area contributed by atoms with Crippen LogP contribution in [-0.4, -0.2) is 20.9 Å². The minimum atomic E-state index is -3.79. The van der Waals surface area contributed by atoms with E-state index in [1.54, 1.807) is 30.3 Å². The van der Waals surface area contributed by atoms with Gasteiger partial charge in [-0.25, -0.2) is 0 Å². The fourth-order valence-electron chi connectivity index (χ4n) is 1.74. The first-order valence-electron chi connectivity index (χ1n) is 7.07. The highest BCUT2D eigenvalue weighted by Gasteiger charge is 2.16. The molecule has 0 bridgehead atoms. The molecule has 0 aliphatic heterocycles. The molecule has 0 saturated heterocycles. The Morgan fingerprint density at radius 3 is 2.09 bits per heavy atom. The quantitative estimate of drug-likeness (QED) is 0.626. The van der Waals surface area contributed by atoms with Crippen molar-refractivity contribution in [3.63, 3.8) is 0 Å². The summed E-state index contributed by atoms with van der Waals surface area (Å²) < 4.78 is 34.3. The lowest BCUT2D eigenvalue weighted by atomic mass is 10.2. The molecule has 0 heterocycles. The molecule has 0 atom stereocenters. The second kappa shape index (κ2) is 7.22. The van der Waals surface area contributed by atoms with Crippen LogP contribution in [0.25, 0.3) is 0 Å². The van der Waals surface area contributed by atoms with Gasteiger partial charge in [-0.2, -0.15) is 8.42 Å². The first kappa shape index (κ1) is 16.2. The molecule has 0 N–H and O–H groups in total. The number of nitrogens with zero attached hydrogens (tertiary/aromatic N) is 1. The van der Waals surface area contributed by atoms with Gasteiger partial charge in [-0.05, 0) is 30.2 Å². The van der Waals surface area contributed by atoms with E-state index in [4.69, 9.17) is 4.74 Å². The van der Waals surface area contributed by atoms with Gasteiger partial charge in [0.15, 0.2) is 0 Å². The van der Waals surface area contributed by atoms with Crippen LogP contribution >= 0.6 is 0 Å². The zero-order valence-corrected chi connectivity index (χ0v) is 13.5. The van der Waals surface area contributed by atoms with E-state index in [0.717, 1.165) is 0 Å². The molecular weight excluding hydrogens is 298 g/mol. The fourth-order valence-corrected chi connectivity index (χ4v) is 2.73. The van der Waals surface area contributed by atoms with Crippen LogP contribution in [-0.2, 0) is 14.8 Å². The molecule has 2 rings (SSSR count). The van der Waals surface area contributed by atoms with E-state index < -0.39 is 10.0 Å². The lowest BCUT2D eigenvalue weighted by Gasteiger charge is -2.11. The summed E-state index contributed by atoms with van der Waals surface area (Å²) in [7, 11) is -3.79. The zero-order valence-electron chi connectivity index (χ0n) is 12.6. The molecule has 0 aromatic heterocycles. The molecule has 0 spiro atoms. The largest absolute Gasteiger partial charge is 0.476 e. The Hall–Kier alpha value is -2.14. The molecule has 0 radical (unpaired) electrons. The van der Waals surface area contributed by atoms with Crippen LogP contribution in [0, 0.1) is 5.92 Å². The molecule has 0 fully saturated rings. The van der Waals surface area contributed by atoms with Gasteiger partial charge in [0.1, 0.15) is 0 Å². The van der Waals surface area contributed by atoms with Crippen molar-refractivity contribution >= 4 is 15.9 Å². The van der Waals surface area contributed by atoms with Gasteiger partial charge < -0.3 is 4.74 Å². The Morgan fingerprint density at radius 2 is 1.55 bits per heavy atom. The first-order valence-corrected chi connectivity index (χ1v) is 8.51. The molecule has 0 amide bonds. The molecule has 0 unspecified atom stereocenters. The Labute approximate surface area is 131 Å². The van der Waals surface area contributed by atoms with E-state index >= 15 is 0 Å². The lowest BCUT2D eigenvalue weighted by Crippen LogP contribution is -2.14. The van der Waals surface area contributed by atoms with Crippen LogP contribution in [0.2, 0.25) is 0 Å². The molecule has 116 valence electrons. The fraction of sp³-hybridized carbons (Fsp3) is 0.235. The number of sulfonamides is 1. The predicted octanol–water partition coefficient (Wildman–Crippen LogP) is 3.49. The molecule has 2 aromatic carbocycles. The Balaban J connectivity index is 2.40. The Kier molecular flexibility index (Phi) is 5.33. The zero-order chi connectivity index (χ0) is 16.0. The summed E-state index contributed by atoms with van der Waals surface area (Å²) in [5, 5.41) is 0. The van der Waals surface area contributed by atoms with Crippen molar-refractivity contribution in [3.05, 3.63) is 66.2 Å². The summed E-state index contributed by atoms with van der Waals surface area (Å²) in [6, 6.07) is 17.2. The molecule has 2 aromatic rings. The topological polar surface area (TPSA) is 55.7 Å². The highest BCUT2D eigenvalue weighted by atomic mass is 32.2. The van der Waals surface area contributed by atoms with Gasteiger partial charge in [-0.15, -0.1) is 4.40 Å². The van der Waals surface area contributed by atoms with E-state index in [2.05, 4.69) is 4.40 Å². The van der Waals surface area contributed by atoms with Crippen LogP contribution in [0.5, 0.6) is 0 Å². The molecular formula is C17H19NO3S. The average Bonchev–Trinajstić information content (AvgIpc) is 2.53. The van der Waals surface area contributed by atoms with Gasteiger partial charge in [0.05, 0.1) is 11.5 Å². The number of benzene rings is 2. The summed E-state index contributed by atoms with van der Waals surface area (Å²) >= 11 is 0. The van der Waals surface area contributed by atoms with E-state index in [-0.39, 0.29) is 16.7 Å². The molecule has 22 heavy (non-hydrogen) atoms. The van der Waals surface area contributed by atoms with E-state index in [1.807, 2.05) is 32.0 Å². The summed E-state index contributed by atoms with van der Waals surface area (Å²) in [5.74, 6) is 0.395. The number of hydrogen-bond donors (Lipinski definition) is 0. The second-order valence-electron chi connectivity index (χ2n) is 5.26. The maximum Gasteiger partial charge on any atom is 0.285 e. The Bertz CT molecular complexity index is 723. The van der Waals surface area contributed by atoms with Crippen LogP contribution in [0.1, 0.15) is 19.4 Å². The molecule has 0 saturated carbocycles. The van der Waals surface area contributed by atoms with Crippen LogP contribution in [0.3, 0.4) is 0 Å².